The molecule has 0 saturated heterocycles. The Bertz CT molecular complexity index is 2040. The summed E-state index contributed by atoms with van der Waals surface area (Å²) < 4.78 is 24.0. The molecule has 7 aromatic rings. The molecule has 43 heavy (non-hydrogen) atoms. The molecule has 4 aromatic heterocycles. The van der Waals surface area contributed by atoms with Gasteiger partial charge in [0.15, 0.2) is 11.3 Å². The van der Waals surface area contributed by atoms with Crippen LogP contribution in [0.25, 0.3) is 44.4 Å². The van der Waals surface area contributed by atoms with Crippen LogP contribution in [0.3, 0.4) is 0 Å². The van der Waals surface area contributed by atoms with Gasteiger partial charge in [0.2, 0.25) is 0 Å². The average Bonchev–Trinajstić information content (AvgIpc) is 3.55. The van der Waals surface area contributed by atoms with E-state index >= 15 is 0 Å². The molecule has 0 aliphatic carbocycles. The first-order valence-corrected chi connectivity index (χ1v) is 16.2. The van der Waals surface area contributed by atoms with Crippen molar-refractivity contribution in [1.82, 2.24) is 23.3 Å². The summed E-state index contributed by atoms with van der Waals surface area (Å²) in [6.45, 7) is 0.204. The Morgan fingerprint density at radius 1 is 0.605 bits per heavy atom. The standard InChI is InChI=1S/C25H15N5O2.2C2H6OS.2ClH.Ru/c31-24-20-21(25(32)28(24)14-15-8-2-1-3-9-15)30-19-13-7-5-11-17(19)27-23(30)22-26-16-10-4-6-12-18(16)29(20)22;2*1-4(2)3;;;/h1-13H,14H2;2*1-2H3;2*1H;/q;;;;;+2/p-2. The molecule has 0 radical (unpaired) electrons. The van der Waals surface area contributed by atoms with Gasteiger partial charge in [-0.15, -0.1) is 0 Å². The number of halogens is 2. The Morgan fingerprint density at radius 2 is 0.953 bits per heavy atom. The van der Waals surface area contributed by atoms with Gasteiger partial charge in [0, 0.05) is 46.6 Å². The van der Waals surface area contributed by atoms with Crippen molar-refractivity contribution in [3.8, 4) is 0 Å². The maximum Gasteiger partial charge on any atom is 2.00 e. The van der Waals surface area contributed by atoms with Crippen LogP contribution in [0.2, 0.25) is 0 Å². The van der Waals surface area contributed by atoms with Crippen molar-refractivity contribution >= 4 is 66.0 Å². The van der Waals surface area contributed by atoms with Gasteiger partial charge in [-0.05, 0) is 29.8 Å². The fourth-order valence-corrected chi connectivity index (χ4v) is 4.67. The molecule has 0 bridgehead atoms. The largest absolute Gasteiger partial charge is 2.00 e. The second-order valence-electron chi connectivity index (χ2n) is 9.38. The van der Waals surface area contributed by atoms with E-state index in [2.05, 4.69) is 0 Å². The van der Waals surface area contributed by atoms with E-state index in [1.165, 1.54) is 4.57 Å². The fourth-order valence-electron chi connectivity index (χ4n) is 4.67. The molecule has 3 aromatic carbocycles. The molecule has 226 valence electrons. The van der Waals surface area contributed by atoms with Crippen LogP contribution in [-0.4, -0.2) is 56.8 Å². The van der Waals surface area contributed by atoms with E-state index in [-0.39, 0.29) is 62.0 Å². The number of nitrogens with zero attached hydrogens (tertiary/aromatic N) is 5. The second kappa shape index (κ2) is 15.1. The molecule has 7 rings (SSSR count). The number of fused-ring (bicyclic) bond motifs is 10. The summed E-state index contributed by atoms with van der Waals surface area (Å²) in [5, 5.41) is 0. The predicted molar refractivity (Wildman–Crippen MR) is 164 cm³/mol. The maximum atomic E-state index is 13.7. The van der Waals surface area contributed by atoms with E-state index in [1.807, 2.05) is 78.9 Å². The summed E-state index contributed by atoms with van der Waals surface area (Å²) in [6.07, 6.45) is 6.56. The Morgan fingerprint density at radius 3 is 1.35 bits per heavy atom. The minimum absolute atomic E-state index is 0. The van der Waals surface area contributed by atoms with Gasteiger partial charge >= 0.3 is 19.5 Å². The quantitative estimate of drug-likeness (QED) is 0.181. The fraction of sp³-hybridized carbons (Fsp3) is 0.172. The van der Waals surface area contributed by atoms with Gasteiger partial charge < -0.3 is 24.8 Å². The molecule has 0 saturated carbocycles. The minimum Gasteiger partial charge on any atom is -1.00 e. The van der Waals surface area contributed by atoms with E-state index in [0.29, 0.717) is 22.3 Å². The summed E-state index contributed by atoms with van der Waals surface area (Å²) in [5.74, 6) is 0. The Balaban J connectivity index is 0.000000529. The van der Waals surface area contributed by atoms with Crippen molar-refractivity contribution in [3.05, 3.63) is 105 Å². The third-order valence-corrected chi connectivity index (χ3v) is 6.07. The van der Waals surface area contributed by atoms with E-state index in [1.54, 1.807) is 33.8 Å². The number of rotatable bonds is 2. The second-order valence-corrected chi connectivity index (χ2v) is 12.3. The molecule has 0 aliphatic rings. The predicted octanol–water partition coefficient (Wildman–Crippen LogP) is -2.56. The first-order chi connectivity index (χ1) is 19.2. The first kappa shape index (κ1) is 36.2. The van der Waals surface area contributed by atoms with Crippen molar-refractivity contribution in [2.75, 3.05) is 25.0 Å². The van der Waals surface area contributed by atoms with Crippen LogP contribution >= 0.6 is 0 Å². The van der Waals surface area contributed by atoms with Gasteiger partial charge in [-0.1, -0.05) is 54.6 Å². The third kappa shape index (κ3) is 7.05. The van der Waals surface area contributed by atoms with Gasteiger partial charge in [-0.3, -0.25) is 31.4 Å². The molecule has 0 amide bonds. The average molecular weight is 746 g/mol. The van der Waals surface area contributed by atoms with Crippen molar-refractivity contribution in [1.29, 1.82) is 0 Å². The van der Waals surface area contributed by atoms with E-state index in [4.69, 9.17) is 9.97 Å². The SMILES string of the molecule is CS(C)=O.CS(C)=O.O=c1c2c(c(=O)n1Cc1ccccc1)n1c3ccccc3nc1c1nc3ccccc3n12.[Cl-].[Cl-].[Ru+2]. The number of imidazole rings is 2. The molecule has 4 heterocycles. The molecular formula is C29H27Cl2N5O4RuS2. The molecule has 9 nitrogen and oxygen atoms in total. The number of hydrogen-bond acceptors (Lipinski definition) is 6. The van der Waals surface area contributed by atoms with Crippen molar-refractivity contribution in [2.45, 2.75) is 6.54 Å². The zero-order valence-corrected chi connectivity index (χ0v) is 28.4. The van der Waals surface area contributed by atoms with Crippen LogP contribution in [0, 0.1) is 0 Å². The smallest absolute Gasteiger partial charge is 1.00 e. The molecule has 0 fully saturated rings. The monoisotopic (exact) mass is 745 g/mol. The van der Waals surface area contributed by atoms with Crippen molar-refractivity contribution in [2.24, 2.45) is 0 Å². The van der Waals surface area contributed by atoms with Gasteiger partial charge in [0.05, 0.1) is 28.6 Å². The molecule has 0 spiro atoms. The summed E-state index contributed by atoms with van der Waals surface area (Å²) in [6, 6.07) is 24.8. The summed E-state index contributed by atoms with van der Waals surface area (Å²) >= 11 is 0. The van der Waals surface area contributed by atoms with Crippen molar-refractivity contribution < 1.29 is 52.7 Å². The van der Waals surface area contributed by atoms with Crippen LogP contribution in [0.5, 0.6) is 0 Å². The summed E-state index contributed by atoms with van der Waals surface area (Å²) in [5.41, 5.74) is 5.03. The van der Waals surface area contributed by atoms with E-state index in [0.717, 1.165) is 27.6 Å². The van der Waals surface area contributed by atoms with Crippen LogP contribution in [0.1, 0.15) is 5.56 Å². The minimum atomic E-state index is -0.611. The number of hydrogen-bond donors (Lipinski definition) is 0. The Kier molecular flexibility index (Phi) is 12.7. The molecular weight excluding hydrogens is 718 g/mol. The normalized spacial score (nSPS) is 10.7. The van der Waals surface area contributed by atoms with Gasteiger partial charge in [0.25, 0.3) is 11.1 Å². The maximum absolute atomic E-state index is 13.7. The number of benzene rings is 3. The molecule has 14 heteroatoms. The molecule has 0 aliphatic heterocycles. The summed E-state index contributed by atoms with van der Waals surface area (Å²) in [4.78, 5) is 36.9. The van der Waals surface area contributed by atoms with Gasteiger partial charge in [-0.2, -0.15) is 0 Å². The zero-order valence-electron chi connectivity index (χ0n) is 23.5. The Labute approximate surface area is 277 Å². The van der Waals surface area contributed by atoms with Crippen LogP contribution in [0.15, 0.2) is 88.5 Å². The molecule has 0 N–H and O–H groups in total. The van der Waals surface area contributed by atoms with E-state index < -0.39 is 21.6 Å². The first-order valence-electron chi connectivity index (χ1n) is 12.3. The van der Waals surface area contributed by atoms with Gasteiger partial charge in [0.1, 0.15) is 11.0 Å². The third-order valence-electron chi connectivity index (χ3n) is 6.07. The van der Waals surface area contributed by atoms with Crippen LogP contribution in [-0.2, 0) is 47.6 Å². The number of para-hydroxylation sites is 4. The van der Waals surface area contributed by atoms with E-state index in [9.17, 15) is 18.0 Å². The van der Waals surface area contributed by atoms with Crippen molar-refractivity contribution in [3.63, 3.8) is 0 Å². The number of aromatic nitrogens is 5. The molecule has 0 unspecified atom stereocenters. The zero-order chi connectivity index (χ0) is 28.6. The van der Waals surface area contributed by atoms with Crippen LogP contribution in [0.4, 0.5) is 0 Å². The Hall–Kier alpha value is -3.02. The molecule has 0 atom stereocenters. The summed E-state index contributed by atoms with van der Waals surface area (Å²) in [7, 11) is -1.22. The topological polar surface area (TPSA) is 108 Å². The van der Waals surface area contributed by atoms with Gasteiger partial charge in [-0.25, -0.2) is 9.97 Å². The van der Waals surface area contributed by atoms with Crippen LogP contribution < -0.4 is 35.9 Å².